The number of aryl methyl sites for hydroxylation is 1. The van der Waals surface area contributed by atoms with E-state index >= 15 is 0 Å². The lowest BCUT2D eigenvalue weighted by atomic mass is 10.0. The fourth-order valence-electron chi connectivity index (χ4n) is 5.13. The lowest BCUT2D eigenvalue weighted by Crippen LogP contribution is -2.35. The summed E-state index contributed by atoms with van der Waals surface area (Å²) in [7, 11) is 1.62. The Kier molecular flexibility index (Phi) is 7.86. The van der Waals surface area contributed by atoms with Gasteiger partial charge in [0.2, 0.25) is 0 Å². The third kappa shape index (κ3) is 5.44. The first kappa shape index (κ1) is 27.4. The predicted octanol–water partition coefficient (Wildman–Crippen LogP) is 7.36. The summed E-state index contributed by atoms with van der Waals surface area (Å²) in [6.07, 6.45) is 1.77. The van der Waals surface area contributed by atoms with E-state index in [0.717, 1.165) is 26.2 Å². The first-order chi connectivity index (χ1) is 20.5. The number of hydrogen-bond acceptors (Lipinski definition) is 5. The van der Waals surface area contributed by atoms with Crippen LogP contribution in [-0.2, 0) is 11.3 Å². The molecule has 0 aliphatic carbocycles. The number of ether oxygens (including phenoxy) is 2. The number of para-hydroxylation sites is 1. The quantitative estimate of drug-likeness (QED) is 0.181. The number of amides is 1. The molecular formula is C35H30N2O4S. The normalized spacial score (nSPS) is 11.2. The molecule has 0 saturated heterocycles. The number of fused-ring (bicyclic) bond motifs is 3. The Hall–Kier alpha value is -4.72. The van der Waals surface area contributed by atoms with Gasteiger partial charge in [0.25, 0.3) is 11.5 Å². The Bertz CT molecular complexity index is 1910. The summed E-state index contributed by atoms with van der Waals surface area (Å²) in [5, 5.41) is 1.00. The Morgan fingerprint density at radius 2 is 1.62 bits per heavy atom. The molecule has 42 heavy (non-hydrogen) atoms. The Balaban J connectivity index is 1.47. The molecule has 0 spiro atoms. The van der Waals surface area contributed by atoms with E-state index in [1.54, 1.807) is 40.0 Å². The van der Waals surface area contributed by atoms with E-state index < -0.39 is 0 Å². The van der Waals surface area contributed by atoms with Crippen LogP contribution in [0, 0.1) is 6.92 Å². The lowest BCUT2D eigenvalue weighted by Gasteiger charge is -2.24. The first-order valence-corrected chi connectivity index (χ1v) is 14.6. The Morgan fingerprint density at radius 3 is 2.33 bits per heavy atom. The van der Waals surface area contributed by atoms with Crippen molar-refractivity contribution >= 4 is 38.5 Å². The van der Waals surface area contributed by atoms with Crippen molar-refractivity contribution < 1.29 is 14.3 Å². The van der Waals surface area contributed by atoms with Crippen molar-refractivity contribution in [3.05, 3.63) is 136 Å². The van der Waals surface area contributed by atoms with Crippen LogP contribution in [0.15, 0.2) is 114 Å². The van der Waals surface area contributed by atoms with Gasteiger partial charge in [0, 0.05) is 36.0 Å². The summed E-state index contributed by atoms with van der Waals surface area (Å²) in [6.45, 7) is 3.22. The molecule has 0 aliphatic heterocycles. The van der Waals surface area contributed by atoms with Crippen LogP contribution in [0.5, 0.6) is 5.75 Å². The molecule has 6 rings (SSSR count). The summed E-state index contributed by atoms with van der Waals surface area (Å²) in [5.41, 5.74) is 3.88. The second kappa shape index (κ2) is 12.0. The van der Waals surface area contributed by atoms with Crippen LogP contribution >= 0.6 is 11.3 Å². The molecular weight excluding hydrogens is 544 g/mol. The number of anilines is 1. The van der Waals surface area contributed by atoms with Gasteiger partial charge < -0.3 is 14.4 Å². The maximum Gasteiger partial charge on any atom is 0.263 e. The molecule has 0 bridgehead atoms. The first-order valence-electron chi connectivity index (χ1n) is 13.7. The zero-order chi connectivity index (χ0) is 29.1. The molecule has 0 N–H and O–H groups in total. The third-order valence-corrected chi connectivity index (χ3v) is 8.29. The number of hydrogen-bond donors (Lipinski definition) is 0. The monoisotopic (exact) mass is 574 g/mol. The minimum absolute atomic E-state index is 0.185. The number of rotatable bonds is 9. The van der Waals surface area contributed by atoms with E-state index in [0.29, 0.717) is 47.7 Å². The van der Waals surface area contributed by atoms with E-state index in [1.165, 1.54) is 0 Å². The van der Waals surface area contributed by atoms with E-state index in [1.807, 2.05) is 97.9 Å². The van der Waals surface area contributed by atoms with Gasteiger partial charge in [-0.1, -0.05) is 60.7 Å². The number of carbonyl (C=O) groups excluding carboxylic acids is 1. The van der Waals surface area contributed by atoms with Gasteiger partial charge in [0.15, 0.2) is 0 Å². The molecule has 7 heteroatoms. The van der Waals surface area contributed by atoms with Crippen LogP contribution in [0.2, 0.25) is 0 Å². The highest BCUT2D eigenvalue weighted by Crippen LogP contribution is 2.33. The molecule has 0 radical (unpaired) electrons. The topological polar surface area (TPSA) is 60.2 Å². The Morgan fingerprint density at radius 1 is 0.905 bits per heavy atom. The SMILES string of the molecule is COCCN(C(=O)c1cc(-c2ccc(OCc3ccccc3)cc2)c(=O)n2ccc3cc(C)sc3c12)c1ccccc1. The van der Waals surface area contributed by atoms with Crippen LogP contribution < -0.4 is 15.2 Å². The maximum absolute atomic E-state index is 14.4. The van der Waals surface area contributed by atoms with Gasteiger partial charge in [-0.05, 0) is 65.9 Å². The highest BCUT2D eigenvalue weighted by molar-refractivity contribution is 7.19. The molecule has 0 fully saturated rings. The molecule has 1 amide bonds. The van der Waals surface area contributed by atoms with Crippen molar-refractivity contribution in [2.24, 2.45) is 0 Å². The molecule has 0 unspecified atom stereocenters. The van der Waals surface area contributed by atoms with Crippen molar-refractivity contribution in [3.8, 4) is 16.9 Å². The van der Waals surface area contributed by atoms with Crippen LogP contribution in [0.4, 0.5) is 5.69 Å². The number of benzene rings is 3. The molecule has 210 valence electrons. The zero-order valence-electron chi connectivity index (χ0n) is 23.4. The Labute approximate surface area is 248 Å². The number of nitrogens with zero attached hydrogens (tertiary/aromatic N) is 2. The number of carbonyl (C=O) groups is 1. The summed E-state index contributed by atoms with van der Waals surface area (Å²) in [4.78, 5) is 31.2. The molecule has 3 aromatic carbocycles. The van der Waals surface area contributed by atoms with Crippen molar-refractivity contribution in [2.75, 3.05) is 25.2 Å². The van der Waals surface area contributed by atoms with E-state index in [4.69, 9.17) is 9.47 Å². The minimum atomic E-state index is -0.196. The van der Waals surface area contributed by atoms with Gasteiger partial charge >= 0.3 is 0 Å². The second-order valence-electron chi connectivity index (χ2n) is 10.0. The molecule has 3 aromatic heterocycles. The maximum atomic E-state index is 14.4. The van der Waals surface area contributed by atoms with Crippen molar-refractivity contribution in [1.82, 2.24) is 4.40 Å². The largest absolute Gasteiger partial charge is 0.489 e. The standard InChI is InChI=1S/C35H30N2O4S/c1-24-21-27-17-18-37-32(33(27)42-24)31(35(39)36(19-20-40-2)28-11-7-4-8-12-28)22-30(34(37)38)26-13-15-29(16-14-26)41-23-25-9-5-3-6-10-25/h3-18,21-22H,19-20,23H2,1-2H3. The minimum Gasteiger partial charge on any atom is -0.489 e. The van der Waals surface area contributed by atoms with Crippen molar-refractivity contribution in [2.45, 2.75) is 13.5 Å². The van der Waals surface area contributed by atoms with Gasteiger partial charge in [-0.3, -0.25) is 14.0 Å². The van der Waals surface area contributed by atoms with Crippen LogP contribution in [0.25, 0.3) is 26.7 Å². The molecule has 0 saturated carbocycles. The highest BCUT2D eigenvalue weighted by atomic mass is 32.1. The van der Waals surface area contributed by atoms with Crippen molar-refractivity contribution in [3.63, 3.8) is 0 Å². The van der Waals surface area contributed by atoms with E-state index in [9.17, 15) is 9.59 Å². The predicted molar refractivity (Wildman–Crippen MR) is 170 cm³/mol. The number of aromatic nitrogens is 1. The van der Waals surface area contributed by atoms with Gasteiger partial charge in [-0.2, -0.15) is 0 Å². The second-order valence-corrected chi connectivity index (χ2v) is 11.3. The highest BCUT2D eigenvalue weighted by Gasteiger charge is 2.24. The van der Waals surface area contributed by atoms with Crippen LogP contribution in [0.3, 0.4) is 0 Å². The number of methoxy groups -OCH3 is 1. The van der Waals surface area contributed by atoms with Crippen LogP contribution in [0.1, 0.15) is 20.8 Å². The zero-order valence-corrected chi connectivity index (χ0v) is 24.3. The molecule has 0 aliphatic rings. The molecule has 6 aromatic rings. The van der Waals surface area contributed by atoms with E-state index in [2.05, 4.69) is 6.07 Å². The van der Waals surface area contributed by atoms with Crippen molar-refractivity contribution in [1.29, 1.82) is 0 Å². The smallest absolute Gasteiger partial charge is 0.263 e. The average molecular weight is 575 g/mol. The average Bonchev–Trinajstić information content (AvgIpc) is 3.42. The fraction of sp³-hybridized carbons (Fsp3) is 0.143. The lowest BCUT2D eigenvalue weighted by molar-refractivity contribution is 0.0977. The summed E-state index contributed by atoms with van der Waals surface area (Å²) < 4.78 is 13.8. The van der Waals surface area contributed by atoms with Crippen LogP contribution in [-0.4, -0.2) is 30.6 Å². The molecule has 0 atom stereocenters. The van der Waals surface area contributed by atoms with Gasteiger partial charge in [-0.25, -0.2) is 0 Å². The van der Waals surface area contributed by atoms with Gasteiger partial charge in [0.05, 0.1) is 22.4 Å². The summed E-state index contributed by atoms with van der Waals surface area (Å²) in [6, 6.07) is 32.7. The summed E-state index contributed by atoms with van der Waals surface area (Å²) >= 11 is 1.58. The number of thiophene rings is 1. The van der Waals surface area contributed by atoms with Gasteiger partial charge in [0.1, 0.15) is 12.4 Å². The molecule has 6 nitrogen and oxygen atoms in total. The van der Waals surface area contributed by atoms with E-state index in [-0.39, 0.29) is 11.5 Å². The third-order valence-electron chi connectivity index (χ3n) is 7.21. The number of pyridine rings is 2. The van der Waals surface area contributed by atoms with Gasteiger partial charge in [-0.15, -0.1) is 11.3 Å². The molecule has 3 heterocycles. The summed E-state index contributed by atoms with van der Waals surface area (Å²) in [5.74, 6) is 0.503. The fourth-order valence-corrected chi connectivity index (χ4v) is 6.19.